The molecule has 1 aliphatic rings. The standard InChI is InChI=1S/C7H15NO5/c1-12-6-3(2-9)13-7(11)4(8)5(6)10/h3-7,9-11H,2,8H2,1H3/t3?,4-,5?,6+,7+/m0/s1. The first-order valence-corrected chi connectivity index (χ1v) is 4.02. The first kappa shape index (κ1) is 10.8. The normalized spacial score (nSPS) is 46.4. The molecule has 0 radical (unpaired) electrons. The van der Waals surface area contributed by atoms with Crippen molar-refractivity contribution in [3.05, 3.63) is 0 Å². The largest absolute Gasteiger partial charge is 0.394 e. The molecule has 0 aliphatic carbocycles. The minimum absolute atomic E-state index is 0.334. The Morgan fingerprint density at radius 2 is 2.08 bits per heavy atom. The van der Waals surface area contributed by atoms with Crippen LogP contribution >= 0.6 is 0 Å². The maximum Gasteiger partial charge on any atom is 0.173 e. The zero-order valence-electron chi connectivity index (χ0n) is 7.33. The van der Waals surface area contributed by atoms with Crippen molar-refractivity contribution in [3.63, 3.8) is 0 Å². The van der Waals surface area contributed by atoms with Gasteiger partial charge in [0.05, 0.1) is 12.6 Å². The lowest BCUT2D eigenvalue weighted by atomic mass is 9.98. The highest BCUT2D eigenvalue weighted by molar-refractivity contribution is 4.91. The number of hydrogen-bond donors (Lipinski definition) is 4. The molecule has 0 spiro atoms. The third kappa shape index (κ3) is 1.98. The number of rotatable bonds is 2. The SMILES string of the molecule is CO[C@@H]1C(CO)O[C@@H](O)[C@@H](N)C1O. The van der Waals surface area contributed by atoms with E-state index < -0.39 is 30.6 Å². The summed E-state index contributed by atoms with van der Waals surface area (Å²) in [5, 5.41) is 27.5. The molecule has 1 rings (SSSR count). The van der Waals surface area contributed by atoms with Gasteiger partial charge in [-0.1, -0.05) is 0 Å². The first-order valence-electron chi connectivity index (χ1n) is 4.02. The Labute approximate surface area is 75.9 Å². The van der Waals surface area contributed by atoms with Crippen molar-refractivity contribution in [2.24, 2.45) is 5.73 Å². The van der Waals surface area contributed by atoms with Crippen LogP contribution in [0.25, 0.3) is 0 Å². The van der Waals surface area contributed by atoms with Gasteiger partial charge in [0.1, 0.15) is 18.3 Å². The maximum absolute atomic E-state index is 9.51. The number of aliphatic hydroxyl groups is 3. The molecule has 0 aromatic rings. The van der Waals surface area contributed by atoms with Crippen molar-refractivity contribution >= 4 is 0 Å². The Hall–Kier alpha value is -0.240. The van der Waals surface area contributed by atoms with Gasteiger partial charge in [-0.15, -0.1) is 0 Å². The minimum Gasteiger partial charge on any atom is -0.394 e. The lowest BCUT2D eigenvalue weighted by molar-refractivity contribution is -0.254. The molecule has 2 unspecified atom stereocenters. The first-order chi connectivity index (χ1) is 6.11. The molecular formula is C7H15NO5. The van der Waals surface area contributed by atoms with E-state index >= 15 is 0 Å². The molecule has 6 nitrogen and oxygen atoms in total. The zero-order chi connectivity index (χ0) is 10.0. The Morgan fingerprint density at radius 3 is 2.54 bits per heavy atom. The highest BCUT2D eigenvalue weighted by Gasteiger charge is 2.42. The molecule has 1 aliphatic heterocycles. The summed E-state index contributed by atoms with van der Waals surface area (Å²) >= 11 is 0. The van der Waals surface area contributed by atoms with Gasteiger partial charge in [-0.3, -0.25) is 0 Å². The van der Waals surface area contributed by atoms with Crippen LogP contribution in [-0.4, -0.2) is 59.7 Å². The molecule has 1 saturated heterocycles. The van der Waals surface area contributed by atoms with Crippen molar-refractivity contribution in [2.45, 2.75) is 30.6 Å². The monoisotopic (exact) mass is 193 g/mol. The van der Waals surface area contributed by atoms with E-state index in [0.29, 0.717) is 0 Å². The predicted octanol–water partition coefficient (Wildman–Crippen LogP) is -2.60. The number of methoxy groups -OCH3 is 1. The average molecular weight is 193 g/mol. The Balaban J connectivity index is 2.69. The molecule has 1 fully saturated rings. The van der Waals surface area contributed by atoms with Gasteiger partial charge in [0.25, 0.3) is 0 Å². The van der Waals surface area contributed by atoms with E-state index in [1.54, 1.807) is 0 Å². The second-order valence-electron chi connectivity index (χ2n) is 3.02. The topological polar surface area (TPSA) is 105 Å². The van der Waals surface area contributed by atoms with E-state index in [4.69, 9.17) is 20.3 Å². The van der Waals surface area contributed by atoms with Gasteiger partial charge in [-0.05, 0) is 0 Å². The third-order valence-electron chi connectivity index (χ3n) is 2.19. The van der Waals surface area contributed by atoms with Crippen LogP contribution in [0.1, 0.15) is 0 Å². The molecule has 0 saturated carbocycles. The van der Waals surface area contributed by atoms with Gasteiger partial charge >= 0.3 is 0 Å². The highest BCUT2D eigenvalue weighted by atomic mass is 16.6. The fraction of sp³-hybridized carbons (Fsp3) is 1.00. The molecule has 5 N–H and O–H groups in total. The molecule has 78 valence electrons. The van der Waals surface area contributed by atoms with E-state index in [0.717, 1.165) is 0 Å². The Kier molecular flexibility index (Phi) is 3.60. The van der Waals surface area contributed by atoms with Crippen LogP contribution in [0.3, 0.4) is 0 Å². The summed E-state index contributed by atoms with van der Waals surface area (Å²) in [6, 6.07) is -0.909. The van der Waals surface area contributed by atoms with Gasteiger partial charge in [0.2, 0.25) is 0 Å². The highest BCUT2D eigenvalue weighted by Crippen LogP contribution is 2.20. The minimum atomic E-state index is -1.27. The van der Waals surface area contributed by atoms with Gasteiger partial charge < -0.3 is 30.5 Å². The van der Waals surface area contributed by atoms with Crippen LogP contribution in [-0.2, 0) is 9.47 Å². The molecule has 0 aromatic carbocycles. The molecule has 6 heteroatoms. The van der Waals surface area contributed by atoms with Gasteiger partial charge in [0, 0.05) is 7.11 Å². The second-order valence-corrected chi connectivity index (χ2v) is 3.02. The molecular weight excluding hydrogens is 178 g/mol. The van der Waals surface area contributed by atoms with E-state index in [-0.39, 0.29) is 6.61 Å². The summed E-state index contributed by atoms with van der Waals surface area (Å²) in [7, 11) is 1.38. The van der Waals surface area contributed by atoms with Gasteiger partial charge in [0.15, 0.2) is 6.29 Å². The van der Waals surface area contributed by atoms with Crippen LogP contribution in [0.15, 0.2) is 0 Å². The Morgan fingerprint density at radius 1 is 1.46 bits per heavy atom. The van der Waals surface area contributed by atoms with Crippen LogP contribution in [0.4, 0.5) is 0 Å². The van der Waals surface area contributed by atoms with Crippen LogP contribution < -0.4 is 5.73 Å². The van der Waals surface area contributed by atoms with E-state index in [1.165, 1.54) is 7.11 Å². The summed E-state index contributed by atoms with van der Waals surface area (Å²) in [6.45, 7) is -0.334. The summed E-state index contributed by atoms with van der Waals surface area (Å²) < 4.78 is 9.82. The van der Waals surface area contributed by atoms with E-state index in [1.807, 2.05) is 0 Å². The lowest BCUT2D eigenvalue weighted by Crippen LogP contribution is -2.62. The fourth-order valence-corrected chi connectivity index (χ4v) is 1.39. The van der Waals surface area contributed by atoms with E-state index in [9.17, 15) is 10.2 Å². The summed E-state index contributed by atoms with van der Waals surface area (Å²) in [5.41, 5.74) is 5.42. The van der Waals surface area contributed by atoms with Gasteiger partial charge in [-0.2, -0.15) is 0 Å². The summed E-state index contributed by atoms with van der Waals surface area (Å²) in [4.78, 5) is 0. The average Bonchev–Trinajstić information content (AvgIpc) is 2.13. The van der Waals surface area contributed by atoms with Crippen molar-refractivity contribution in [3.8, 4) is 0 Å². The lowest BCUT2D eigenvalue weighted by Gasteiger charge is -2.39. The molecule has 0 bridgehead atoms. The quantitative estimate of drug-likeness (QED) is 0.383. The maximum atomic E-state index is 9.51. The summed E-state index contributed by atoms with van der Waals surface area (Å²) in [5.74, 6) is 0. The van der Waals surface area contributed by atoms with Crippen LogP contribution in [0.2, 0.25) is 0 Å². The van der Waals surface area contributed by atoms with Crippen molar-refractivity contribution in [2.75, 3.05) is 13.7 Å². The van der Waals surface area contributed by atoms with Crippen molar-refractivity contribution in [1.29, 1.82) is 0 Å². The molecule has 1 heterocycles. The second kappa shape index (κ2) is 4.32. The van der Waals surface area contributed by atoms with Gasteiger partial charge in [-0.25, -0.2) is 0 Å². The number of nitrogens with two attached hydrogens (primary N) is 1. The van der Waals surface area contributed by atoms with Crippen LogP contribution in [0.5, 0.6) is 0 Å². The zero-order valence-corrected chi connectivity index (χ0v) is 7.33. The number of ether oxygens (including phenoxy) is 2. The number of hydrogen-bond acceptors (Lipinski definition) is 6. The summed E-state index contributed by atoms with van der Waals surface area (Å²) in [6.07, 6.45) is -3.75. The predicted molar refractivity (Wildman–Crippen MR) is 42.7 cm³/mol. The van der Waals surface area contributed by atoms with E-state index in [2.05, 4.69) is 0 Å². The Bertz CT molecular complexity index is 165. The molecule has 5 atom stereocenters. The van der Waals surface area contributed by atoms with Crippen molar-refractivity contribution in [1.82, 2.24) is 0 Å². The third-order valence-corrected chi connectivity index (χ3v) is 2.19. The van der Waals surface area contributed by atoms with Crippen LogP contribution in [0, 0.1) is 0 Å². The fourth-order valence-electron chi connectivity index (χ4n) is 1.39. The molecule has 0 aromatic heterocycles. The number of aliphatic hydroxyl groups excluding tert-OH is 3. The molecule has 0 amide bonds. The van der Waals surface area contributed by atoms with Crippen molar-refractivity contribution < 1.29 is 24.8 Å². The smallest absolute Gasteiger partial charge is 0.173 e. The molecule has 13 heavy (non-hydrogen) atoms.